The number of nitrogens with one attached hydrogen (secondary N) is 1. The highest BCUT2D eigenvalue weighted by Gasteiger charge is 2.31. The van der Waals surface area contributed by atoms with Gasteiger partial charge < -0.3 is 5.11 Å². The van der Waals surface area contributed by atoms with Crippen LogP contribution >= 0.6 is 0 Å². The van der Waals surface area contributed by atoms with Crippen molar-refractivity contribution < 1.29 is 9.90 Å². The van der Waals surface area contributed by atoms with E-state index in [0.717, 1.165) is 38.8 Å². The second kappa shape index (κ2) is 6.83. The van der Waals surface area contributed by atoms with E-state index in [9.17, 15) is 4.79 Å². The molecular weight excluding hydrogens is 206 g/mol. The predicted molar refractivity (Wildman–Crippen MR) is 62.4 cm³/mol. The van der Waals surface area contributed by atoms with Gasteiger partial charge in [-0.25, -0.2) is 5.84 Å². The van der Waals surface area contributed by atoms with Gasteiger partial charge in [-0.3, -0.25) is 15.1 Å². The maximum Gasteiger partial charge on any atom is 0.251 e. The van der Waals surface area contributed by atoms with Crippen molar-refractivity contribution in [1.29, 1.82) is 0 Å². The van der Waals surface area contributed by atoms with Gasteiger partial charge in [0.05, 0.1) is 6.04 Å². The van der Waals surface area contributed by atoms with Crippen LogP contribution in [0.25, 0.3) is 0 Å². The maximum absolute atomic E-state index is 11.6. The molecule has 1 aliphatic rings. The number of hydrogen-bond acceptors (Lipinski definition) is 4. The molecular formula is C11H23N3O2. The molecule has 1 heterocycles. The summed E-state index contributed by atoms with van der Waals surface area (Å²) in [5, 5.41) is 8.89. The number of hydrazine groups is 1. The quantitative estimate of drug-likeness (QED) is 0.336. The number of hydrogen-bond donors (Lipinski definition) is 3. The van der Waals surface area contributed by atoms with Gasteiger partial charge in [-0.2, -0.15) is 0 Å². The minimum atomic E-state index is -0.0984. The predicted octanol–water partition coefficient (Wildman–Crippen LogP) is -0.151. The molecule has 0 spiro atoms. The van der Waals surface area contributed by atoms with Gasteiger partial charge >= 0.3 is 0 Å². The number of amides is 1. The SMILES string of the molecule is CCCC(C(=O)NN)N1CCC(CCO)C1. The lowest BCUT2D eigenvalue weighted by atomic mass is 10.1. The molecule has 1 aliphatic heterocycles. The molecule has 4 N–H and O–H groups in total. The third-order valence-electron chi connectivity index (χ3n) is 3.30. The van der Waals surface area contributed by atoms with E-state index >= 15 is 0 Å². The minimum absolute atomic E-state index is 0.0912. The fraction of sp³-hybridized carbons (Fsp3) is 0.909. The summed E-state index contributed by atoms with van der Waals surface area (Å²) in [7, 11) is 0. The summed E-state index contributed by atoms with van der Waals surface area (Å²) in [6, 6.07) is -0.0984. The molecule has 0 radical (unpaired) electrons. The van der Waals surface area contributed by atoms with Gasteiger partial charge in [-0.15, -0.1) is 0 Å². The van der Waals surface area contributed by atoms with Gasteiger partial charge in [0.15, 0.2) is 0 Å². The van der Waals surface area contributed by atoms with Crippen molar-refractivity contribution in [2.24, 2.45) is 11.8 Å². The molecule has 0 aromatic heterocycles. The van der Waals surface area contributed by atoms with Crippen LogP contribution in [0.1, 0.15) is 32.6 Å². The van der Waals surface area contributed by atoms with E-state index in [0.29, 0.717) is 5.92 Å². The zero-order valence-corrected chi connectivity index (χ0v) is 9.98. The molecule has 1 saturated heterocycles. The maximum atomic E-state index is 11.6. The number of carbonyl (C=O) groups excluding carboxylic acids is 1. The number of aliphatic hydroxyl groups is 1. The summed E-state index contributed by atoms with van der Waals surface area (Å²) in [5.74, 6) is 5.63. The Labute approximate surface area is 97.0 Å². The van der Waals surface area contributed by atoms with Gasteiger partial charge in [-0.05, 0) is 31.7 Å². The molecule has 0 aromatic carbocycles. The average molecular weight is 229 g/mol. The average Bonchev–Trinajstić information content (AvgIpc) is 2.74. The van der Waals surface area contributed by atoms with Crippen molar-refractivity contribution in [1.82, 2.24) is 10.3 Å². The van der Waals surface area contributed by atoms with Gasteiger partial charge in [0.1, 0.15) is 0 Å². The van der Waals surface area contributed by atoms with Crippen LogP contribution < -0.4 is 11.3 Å². The standard InChI is InChI=1S/C11H23N3O2/c1-2-3-10(11(16)13-12)14-6-4-9(8-14)5-7-15/h9-10,15H,2-8,12H2,1H3,(H,13,16). The fourth-order valence-corrected chi connectivity index (χ4v) is 2.41. The van der Waals surface area contributed by atoms with Gasteiger partial charge in [0.2, 0.25) is 0 Å². The Morgan fingerprint density at radius 1 is 1.69 bits per heavy atom. The molecule has 94 valence electrons. The van der Waals surface area contributed by atoms with Gasteiger partial charge in [-0.1, -0.05) is 13.3 Å². The first kappa shape index (κ1) is 13.4. The van der Waals surface area contributed by atoms with Crippen LogP contribution in [-0.4, -0.2) is 41.7 Å². The Morgan fingerprint density at radius 3 is 3.00 bits per heavy atom. The Kier molecular flexibility index (Phi) is 5.73. The Hall–Kier alpha value is -0.650. The molecule has 1 rings (SSSR count). The van der Waals surface area contributed by atoms with Crippen LogP contribution in [0.15, 0.2) is 0 Å². The van der Waals surface area contributed by atoms with Crippen LogP contribution in [0.4, 0.5) is 0 Å². The first-order valence-electron chi connectivity index (χ1n) is 6.08. The topological polar surface area (TPSA) is 78.6 Å². The van der Waals surface area contributed by atoms with Gasteiger partial charge in [0.25, 0.3) is 5.91 Å². The Bertz CT molecular complexity index is 223. The molecule has 2 atom stereocenters. The van der Waals surface area contributed by atoms with Crippen LogP contribution in [0, 0.1) is 5.92 Å². The summed E-state index contributed by atoms with van der Waals surface area (Å²) in [5.41, 5.74) is 2.24. The molecule has 1 fully saturated rings. The molecule has 1 amide bonds. The largest absolute Gasteiger partial charge is 0.396 e. The van der Waals surface area contributed by atoms with E-state index < -0.39 is 0 Å². The van der Waals surface area contributed by atoms with Crippen molar-refractivity contribution in [2.75, 3.05) is 19.7 Å². The molecule has 0 aliphatic carbocycles. The lowest BCUT2D eigenvalue weighted by Crippen LogP contribution is -2.48. The molecule has 16 heavy (non-hydrogen) atoms. The summed E-state index contributed by atoms with van der Waals surface area (Å²) < 4.78 is 0. The third kappa shape index (κ3) is 3.43. The van der Waals surface area contributed by atoms with Crippen LogP contribution in [0.3, 0.4) is 0 Å². The van der Waals surface area contributed by atoms with Crippen LogP contribution in [0.2, 0.25) is 0 Å². The summed E-state index contributed by atoms with van der Waals surface area (Å²) in [6.45, 7) is 4.14. The second-order valence-electron chi connectivity index (χ2n) is 4.47. The van der Waals surface area contributed by atoms with E-state index in [2.05, 4.69) is 17.2 Å². The smallest absolute Gasteiger partial charge is 0.251 e. The second-order valence-corrected chi connectivity index (χ2v) is 4.47. The van der Waals surface area contributed by atoms with Crippen LogP contribution in [0.5, 0.6) is 0 Å². The normalized spacial score (nSPS) is 23.3. The third-order valence-corrected chi connectivity index (χ3v) is 3.30. The number of nitrogens with zero attached hydrogens (tertiary/aromatic N) is 1. The number of aliphatic hydroxyl groups excluding tert-OH is 1. The zero-order valence-electron chi connectivity index (χ0n) is 9.98. The lowest BCUT2D eigenvalue weighted by Gasteiger charge is -2.25. The number of rotatable bonds is 6. The van der Waals surface area contributed by atoms with Crippen molar-refractivity contribution in [2.45, 2.75) is 38.6 Å². The number of carbonyl (C=O) groups is 1. The fourth-order valence-electron chi connectivity index (χ4n) is 2.41. The minimum Gasteiger partial charge on any atom is -0.396 e. The van der Waals surface area contributed by atoms with Crippen molar-refractivity contribution in [3.05, 3.63) is 0 Å². The monoisotopic (exact) mass is 229 g/mol. The highest BCUT2D eigenvalue weighted by Crippen LogP contribution is 2.22. The van der Waals surface area contributed by atoms with E-state index in [1.165, 1.54) is 0 Å². The lowest BCUT2D eigenvalue weighted by molar-refractivity contribution is -0.126. The summed E-state index contributed by atoms with van der Waals surface area (Å²) in [4.78, 5) is 13.8. The molecule has 5 nitrogen and oxygen atoms in total. The van der Waals surface area contributed by atoms with E-state index in [-0.39, 0.29) is 18.6 Å². The molecule has 0 aromatic rings. The highest BCUT2D eigenvalue weighted by molar-refractivity contribution is 5.81. The zero-order chi connectivity index (χ0) is 12.0. The molecule has 2 unspecified atom stereocenters. The van der Waals surface area contributed by atoms with E-state index in [4.69, 9.17) is 10.9 Å². The Balaban J connectivity index is 2.49. The van der Waals surface area contributed by atoms with Crippen molar-refractivity contribution >= 4 is 5.91 Å². The highest BCUT2D eigenvalue weighted by atomic mass is 16.3. The number of likely N-dealkylation sites (tertiary alicyclic amines) is 1. The molecule has 5 heteroatoms. The summed E-state index contributed by atoms with van der Waals surface area (Å²) in [6.07, 6.45) is 3.71. The first-order valence-corrected chi connectivity index (χ1v) is 6.08. The first-order chi connectivity index (χ1) is 7.72. The van der Waals surface area contributed by atoms with E-state index in [1.807, 2.05) is 0 Å². The Morgan fingerprint density at radius 2 is 2.44 bits per heavy atom. The molecule has 0 bridgehead atoms. The molecule has 0 saturated carbocycles. The number of nitrogens with two attached hydrogens (primary N) is 1. The summed E-state index contributed by atoms with van der Waals surface area (Å²) >= 11 is 0. The van der Waals surface area contributed by atoms with Crippen molar-refractivity contribution in [3.63, 3.8) is 0 Å². The van der Waals surface area contributed by atoms with Gasteiger partial charge in [0, 0.05) is 13.2 Å². The van der Waals surface area contributed by atoms with Crippen LogP contribution in [-0.2, 0) is 4.79 Å². The van der Waals surface area contributed by atoms with E-state index in [1.54, 1.807) is 0 Å². The van der Waals surface area contributed by atoms with Crippen molar-refractivity contribution in [3.8, 4) is 0 Å².